The second-order valence-electron chi connectivity index (χ2n) is 6.40. The van der Waals surface area contributed by atoms with Crippen LogP contribution < -0.4 is 10.6 Å². The third-order valence-corrected chi connectivity index (χ3v) is 4.86. The fourth-order valence-corrected chi connectivity index (χ4v) is 3.29. The average Bonchev–Trinajstić information content (AvgIpc) is 3.17. The molecule has 1 aliphatic rings. The van der Waals surface area contributed by atoms with Gasteiger partial charge in [0, 0.05) is 12.6 Å². The normalized spacial score (nSPS) is 13.9. The zero-order valence-corrected chi connectivity index (χ0v) is 15.7. The van der Waals surface area contributed by atoms with Crippen LogP contribution in [0.2, 0.25) is 5.02 Å². The Labute approximate surface area is 165 Å². The number of aryl methyl sites for hydroxylation is 1. The predicted molar refractivity (Wildman–Crippen MR) is 104 cm³/mol. The van der Waals surface area contributed by atoms with Gasteiger partial charge >= 0.3 is 6.03 Å². The minimum Gasteiger partial charge on any atom is -0.329 e. The van der Waals surface area contributed by atoms with Gasteiger partial charge in [-0.05, 0) is 29.8 Å². The Bertz CT molecular complexity index is 1110. The number of benzene rings is 2. The number of rotatable bonds is 4. The van der Waals surface area contributed by atoms with Gasteiger partial charge < -0.3 is 9.88 Å². The molecule has 1 aliphatic heterocycles. The topological polar surface area (TPSA) is 96.3 Å². The van der Waals surface area contributed by atoms with Crippen molar-refractivity contribution < 1.29 is 14.4 Å². The van der Waals surface area contributed by atoms with E-state index in [9.17, 15) is 14.4 Å². The van der Waals surface area contributed by atoms with Crippen molar-refractivity contribution in [3.63, 3.8) is 0 Å². The van der Waals surface area contributed by atoms with E-state index in [4.69, 9.17) is 11.6 Å². The highest BCUT2D eigenvalue weighted by molar-refractivity contribution is 6.35. The Kier molecular flexibility index (Phi) is 4.48. The van der Waals surface area contributed by atoms with E-state index in [1.807, 2.05) is 12.1 Å². The molecule has 0 atom stereocenters. The van der Waals surface area contributed by atoms with Crippen molar-refractivity contribution >= 4 is 46.4 Å². The van der Waals surface area contributed by atoms with Crippen molar-refractivity contribution in [1.29, 1.82) is 0 Å². The van der Waals surface area contributed by atoms with Crippen molar-refractivity contribution in [1.82, 2.24) is 19.8 Å². The van der Waals surface area contributed by atoms with E-state index in [1.54, 1.807) is 41.9 Å². The van der Waals surface area contributed by atoms with Crippen LogP contribution in [0.15, 0.2) is 42.5 Å². The Morgan fingerprint density at radius 1 is 1.25 bits per heavy atom. The summed E-state index contributed by atoms with van der Waals surface area (Å²) in [6.07, 6.45) is 0. The number of carbonyl (C=O) groups excluding carboxylic acids is 3. The molecule has 2 N–H and O–H groups in total. The molecular weight excluding hydrogens is 382 g/mol. The SMILES string of the molecule is Cn1c(NC(=O)c2cccc(CN3C(=O)CNC3=O)c2)nc2c(Cl)cccc21. The van der Waals surface area contributed by atoms with E-state index in [0.29, 0.717) is 27.6 Å². The Morgan fingerprint density at radius 3 is 2.75 bits per heavy atom. The van der Waals surface area contributed by atoms with E-state index in [-0.39, 0.29) is 24.9 Å². The molecule has 142 valence electrons. The van der Waals surface area contributed by atoms with Crippen LogP contribution in [0.1, 0.15) is 15.9 Å². The first-order valence-electron chi connectivity index (χ1n) is 8.53. The summed E-state index contributed by atoms with van der Waals surface area (Å²) in [6.45, 7) is 0.0992. The van der Waals surface area contributed by atoms with Crippen molar-refractivity contribution in [3.8, 4) is 0 Å². The second kappa shape index (κ2) is 6.97. The largest absolute Gasteiger partial charge is 0.329 e. The molecule has 1 saturated heterocycles. The van der Waals surface area contributed by atoms with E-state index in [2.05, 4.69) is 15.6 Å². The number of aromatic nitrogens is 2. The molecule has 0 aliphatic carbocycles. The third-order valence-electron chi connectivity index (χ3n) is 4.55. The summed E-state index contributed by atoms with van der Waals surface area (Å²) >= 11 is 6.17. The molecule has 3 aromatic rings. The summed E-state index contributed by atoms with van der Waals surface area (Å²) in [4.78, 5) is 41.6. The maximum atomic E-state index is 12.7. The van der Waals surface area contributed by atoms with Gasteiger partial charge in [0.2, 0.25) is 11.9 Å². The summed E-state index contributed by atoms with van der Waals surface area (Å²) in [6, 6.07) is 11.7. The lowest BCUT2D eigenvalue weighted by Gasteiger charge is -2.13. The standard InChI is InChI=1S/C19H16ClN5O3/c1-24-14-7-3-6-13(20)16(14)22-18(24)23-17(27)12-5-2-4-11(8-12)10-25-15(26)9-21-19(25)28/h2-8H,9-10H2,1H3,(H,21,28)(H,22,23,27). The molecule has 2 heterocycles. The van der Waals surface area contributed by atoms with E-state index >= 15 is 0 Å². The van der Waals surface area contributed by atoms with Crippen LogP contribution >= 0.6 is 11.6 Å². The lowest BCUT2D eigenvalue weighted by Crippen LogP contribution is -2.30. The van der Waals surface area contributed by atoms with Gasteiger partial charge in [0.1, 0.15) is 5.52 Å². The van der Waals surface area contributed by atoms with Crippen molar-refractivity contribution in [2.24, 2.45) is 7.05 Å². The summed E-state index contributed by atoms with van der Waals surface area (Å²) in [5.74, 6) is -0.280. The number of para-hydroxylation sites is 1. The lowest BCUT2D eigenvalue weighted by molar-refractivity contribution is -0.125. The Hall–Kier alpha value is -3.39. The molecular formula is C19H16ClN5O3. The van der Waals surface area contributed by atoms with Gasteiger partial charge in [0.15, 0.2) is 0 Å². The van der Waals surface area contributed by atoms with Gasteiger partial charge in [-0.15, -0.1) is 0 Å². The summed E-state index contributed by atoms with van der Waals surface area (Å²) in [5.41, 5.74) is 2.47. The van der Waals surface area contributed by atoms with Crippen molar-refractivity contribution in [2.75, 3.05) is 11.9 Å². The van der Waals surface area contributed by atoms with E-state index in [0.717, 1.165) is 10.4 Å². The first-order chi connectivity index (χ1) is 13.4. The highest BCUT2D eigenvalue weighted by atomic mass is 35.5. The number of nitrogens with zero attached hydrogens (tertiary/aromatic N) is 3. The van der Waals surface area contributed by atoms with Gasteiger partial charge in [0.05, 0.1) is 23.6 Å². The van der Waals surface area contributed by atoms with E-state index < -0.39 is 6.03 Å². The number of nitrogens with one attached hydrogen (secondary N) is 2. The molecule has 0 radical (unpaired) electrons. The molecule has 0 spiro atoms. The van der Waals surface area contributed by atoms with Crippen LogP contribution in [0, 0.1) is 0 Å². The quantitative estimate of drug-likeness (QED) is 0.661. The van der Waals surface area contributed by atoms with Crippen molar-refractivity contribution in [2.45, 2.75) is 6.54 Å². The van der Waals surface area contributed by atoms with Gasteiger partial charge in [-0.3, -0.25) is 19.8 Å². The number of anilines is 1. The van der Waals surface area contributed by atoms with Gasteiger partial charge in [0.25, 0.3) is 5.91 Å². The fourth-order valence-electron chi connectivity index (χ4n) is 3.07. The highest BCUT2D eigenvalue weighted by Gasteiger charge is 2.28. The van der Waals surface area contributed by atoms with Crippen LogP contribution in [0.4, 0.5) is 10.7 Å². The van der Waals surface area contributed by atoms with Gasteiger partial charge in [-0.2, -0.15) is 0 Å². The summed E-state index contributed by atoms with van der Waals surface area (Å²) < 4.78 is 1.75. The number of halogens is 1. The number of fused-ring (bicyclic) bond motifs is 1. The molecule has 4 rings (SSSR count). The average molecular weight is 398 g/mol. The zero-order chi connectivity index (χ0) is 19.8. The number of amides is 4. The van der Waals surface area contributed by atoms with Crippen LogP contribution in [0.3, 0.4) is 0 Å². The number of hydrogen-bond acceptors (Lipinski definition) is 4. The molecule has 28 heavy (non-hydrogen) atoms. The number of imidazole rings is 1. The van der Waals surface area contributed by atoms with Crippen LogP contribution in [0.5, 0.6) is 0 Å². The Morgan fingerprint density at radius 2 is 2.04 bits per heavy atom. The van der Waals surface area contributed by atoms with Crippen molar-refractivity contribution in [3.05, 3.63) is 58.6 Å². The van der Waals surface area contributed by atoms with Crippen LogP contribution in [-0.2, 0) is 18.4 Å². The van der Waals surface area contributed by atoms with E-state index in [1.165, 1.54) is 0 Å². The molecule has 9 heteroatoms. The molecule has 8 nitrogen and oxygen atoms in total. The monoisotopic (exact) mass is 397 g/mol. The summed E-state index contributed by atoms with van der Waals surface area (Å²) in [7, 11) is 1.79. The second-order valence-corrected chi connectivity index (χ2v) is 6.80. The summed E-state index contributed by atoms with van der Waals surface area (Å²) in [5, 5.41) is 5.75. The molecule has 0 bridgehead atoms. The van der Waals surface area contributed by atoms with Gasteiger partial charge in [-0.1, -0.05) is 29.8 Å². The van der Waals surface area contributed by atoms with Gasteiger partial charge in [-0.25, -0.2) is 9.78 Å². The highest BCUT2D eigenvalue weighted by Crippen LogP contribution is 2.25. The number of carbonyl (C=O) groups is 3. The minimum absolute atomic E-state index is 0.00567. The molecule has 1 fully saturated rings. The molecule has 1 aromatic heterocycles. The van der Waals surface area contributed by atoms with Crippen LogP contribution in [-0.4, -0.2) is 38.8 Å². The number of hydrogen-bond donors (Lipinski definition) is 2. The molecule has 4 amide bonds. The minimum atomic E-state index is -0.434. The Balaban J connectivity index is 1.56. The molecule has 0 unspecified atom stereocenters. The first-order valence-corrected chi connectivity index (χ1v) is 8.91. The third kappa shape index (κ3) is 3.18. The van der Waals surface area contributed by atoms with Crippen LogP contribution in [0.25, 0.3) is 11.0 Å². The zero-order valence-electron chi connectivity index (χ0n) is 14.9. The maximum Gasteiger partial charge on any atom is 0.324 e. The lowest BCUT2D eigenvalue weighted by atomic mass is 10.1. The molecule has 2 aromatic carbocycles. The smallest absolute Gasteiger partial charge is 0.324 e. The predicted octanol–water partition coefficient (Wildman–Crippen LogP) is 2.53. The first kappa shape index (κ1) is 18.0. The maximum absolute atomic E-state index is 12.7. The number of urea groups is 1. The fraction of sp³-hybridized carbons (Fsp3) is 0.158. The molecule has 0 saturated carbocycles. The number of imide groups is 1.